The molecule has 10 heteroatoms. The summed E-state index contributed by atoms with van der Waals surface area (Å²) in [7, 11) is -3.53. The van der Waals surface area contributed by atoms with Crippen molar-refractivity contribution in [3.63, 3.8) is 0 Å². The third kappa shape index (κ3) is 4.60. The lowest BCUT2D eigenvalue weighted by molar-refractivity contribution is -0.116. The lowest BCUT2D eigenvalue weighted by Crippen LogP contribution is -2.39. The van der Waals surface area contributed by atoms with E-state index >= 15 is 0 Å². The molecular weight excluding hydrogens is 431 g/mol. The van der Waals surface area contributed by atoms with Crippen LogP contribution in [0.2, 0.25) is 0 Å². The average Bonchev–Trinajstić information content (AvgIpc) is 2.79. The van der Waals surface area contributed by atoms with E-state index in [4.69, 9.17) is 13.8 Å². The third-order valence-corrected chi connectivity index (χ3v) is 6.87. The van der Waals surface area contributed by atoms with Gasteiger partial charge in [0.2, 0.25) is 5.91 Å². The van der Waals surface area contributed by atoms with Gasteiger partial charge in [-0.05, 0) is 38.1 Å². The molecule has 2 heterocycles. The summed E-state index contributed by atoms with van der Waals surface area (Å²) >= 11 is 0. The summed E-state index contributed by atoms with van der Waals surface area (Å²) in [6, 6.07) is 13.2. The summed E-state index contributed by atoms with van der Waals surface area (Å²) < 4.78 is 29.5. The van der Waals surface area contributed by atoms with Gasteiger partial charge >= 0.3 is 7.60 Å². The van der Waals surface area contributed by atoms with Crippen molar-refractivity contribution in [1.29, 1.82) is 0 Å². The van der Waals surface area contributed by atoms with E-state index in [0.29, 0.717) is 34.7 Å². The van der Waals surface area contributed by atoms with E-state index in [1.54, 1.807) is 24.8 Å². The molecule has 9 nitrogen and oxygen atoms in total. The number of aromatic nitrogens is 2. The highest BCUT2D eigenvalue weighted by atomic mass is 31.2. The maximum Gasteiger partial charge on any atom is 0.340 e. The van der Waals surface area contributed by atoms with Crippen LogP contribution in [0.3, 0.4) is 0 Å². The second kappa shape index (κ2) is 9.65. The zero-order chi connectivity index (χ0) is 22.6. The SMILES string of the molecule is CCOP(=O)(CC(=O)N1CCOc2c1ccc1ncnc(Nc3ccccc3)c21)OCC. The molecule has 1 N–H and O–H groups in total. The summed E-state index contributed by atoms with van der Waals surface area (Å²) in [5, 5.41) is 3.96. The Kier molecular flexibility index (Phi) is 6.69. The van der Waals surface area contributed by atoms with Crippen LogP contribution in [0.5, 0.6) is 5.75 Å². The van der Waals surface area contributed by atoms with Crippen LogP contribution in [0.25, 0.3) is 10.9 Å². The van der Waals surface area contributed by atoms with Gasteiger partial charge in [-0.3, -0.25) is 9.36 Å². The van der Waals surface area contributed by atoms with Gasteiger partial charge in [0.15, 0.2) is 5.75 Å². The number of carbonyl (C=O) groups is 1. The standard InChI is InChI=1S/C22H25N4O5P/c1-3-30-32(28,31-4-2)14-19(27)26-12-13-29-21-18(26)11-10-17-20(21)22(24-15-23-17)25-16-8-6-5-7-9-16/h5-11,15H,3-4,12-14H2,1-2H3,(H,23,24,25). The highest BCUT2D eigenvalue weighted by Gasteiger charge is 2.34. The third-order valence-electron chi connectivity index (χ3n) is 4.91. The first-order chi connectivity index (χ1) is 15.5. The number of hydrogen-bond acceptors (Lipinski definition) is 8. The monoisotopic (exact) mass is 456 g/mol. The summed E-state index contributed by atoms with van der Waals surface area (Å²) in [6.45, 7) is 4.43. The van der Waals surface area contributed by atoms with Crippen LogP contribution in [-0.4, -0.2) is 48.4 Å². The topological polar surface area (TPSA) is 103 Å². The van der Waals surface area contributed by atoms with Crippen molar-refractivity contribution in [3.8, 4) is 5.75 Å². The minimum Gasteiger partial charge on any atom is -0.489 e. The van der Waals surface area contributed by atoms with Gasteiger partial charge in [-0.1, -0.05) is 18.2 Å². The highest BCUT2D eigenvalue weighted by molar-refractivity contribution is 7.54. The maximum atomic E-state index is 13.1. The van der Waals surface area contributed by atoms with Gasteiger partial charge in [-0.2, -0.15) is 0 Å². The van der Waals surface area contributed by atoms with Crippen LogP contribution < -0.4 is 15.0 Å². The summed E-state index contributed by atoms with van der Waals surface area (Å²) in [4.78, 5) is 23.4. The van der Waals surface area contributed by atoms with Crippen molar-refractivity contribution >= 4 is 41.6 Å². The second-order valence-corrected chi connectivity index (χ2v) is 9.07. The molecule has 1 amide bonds. The predicted octanol–water partition coefficient (Wildman–Crippen LogP) is 4.36. The average molecular weight is 456 g/mol. The lowest BCUT2D eigenvalue weighted by Gasteiger charge is -2.31. The number of fused-ring (bicyclic) bond motifs is 3. The van der Waals surface area contributed by atoms with Gasteiger partial charge in [0, 0.05) is 5.69 Å². The molecule has 0 saturated carbocycles. The van der Waals surface area contributed by atoms with Gasteiger partial charge in [-0.25, -0.2) is 9.97 Å². The van der Waals surface area contributed by atoms with E-state index in [2.05, 4.69) is 15.3 Å². The number of hydrogen-bond donors (Lipinski definition) is 1. The molecule has 1 aliphatic rings. The van der Waals surface area contributed by atoms with E-state index in [0.717, 1.165) is 5.69 Å². The Morgan fingerprint density at radius 2 is 1.88 bits per heavy atom. The molecule has 0 saturated heterocycles. The number of amides is 1. The predicted molar refractivity (Wildman–Crippen MR) is 123 cm³/mol. The molecule has 1 aromatic heterocycles. The van der Waals surface area contributed by atoms with Crippen LogP contribution in [0.1, 0.15) is 13.8 Å². The molecule has 0 radical (unpaired) electrons. The number of ether oxygens (including phenoxy) is 1. The van der Waals surface area contributed by atoms with Crippen LogP contribution in [-0.2, 0) is 18.4 Å². The molecule has 0 bridgehead atoms. The first-order valence-corrected chi connectivity index (χ1v) is 12.2. The lowest BCUT2D eigenvalue weighted by atomic mass is 10.1. The molecule has 2 aromatic carbocycles. The van der Waals surface area contributed by atoms with Crippen molar-refractivity contribution in [1.82, 2.24) is 9.97 Å². The molecule has 0 spiro atoms. The molecule has 32 heavy (non-hydrogen) atoms. The number of nitrogens with one attached hydrogen (secondary N) is 1. The van der Waals surface area contributed by atoms with Crippen LogP contribution >= 0.6 is 7.60 Å². The number of para-hydroxylation sites is 1. The molecule has 4 rings (SSSR count). The molecule has 0 aliphatic carbocycles. The van der Waals surface area contributed by atoms with Crippen molar-refractivity contribution in [2.75, 3.05) is 42.7 Å². The van der Waals surface area contributed by atoms with E-state index < -0.39 is 7.60 Å². The molecular formula is C22H25N4O5P. The molecule has 3 aromatic rings. The first kappa shape index (κ1) is 22.2. The number of rotatable bonds is 8. The minimum absolute atomic E-state index is 0.195. The zero-order valence-electron chi connectivity index (χ0n) is 18.0. The van der Waals surface area contributed by atoms with Gasteiger partial charge in [0.25, 0.3) is 0 Å². The fourth-order valence-corrected chi connectivity index (χ4v) is 5.16. The van der Waals surface area contributed by atoms with Gasteiger partial charge < -0.3 is 24.0 Å². The number of benzene rings is 2. The van der Waals surface area contributed by atoms with E-state index in [1.807, 2.05) is 36.4 Å². The molecule has 1 aliphatic heterocycles. The Morgan fingerprint density at radius 1 is 1.12 bits per heavy atom. The molecule has 0 atom stereocenters. The van der Waals surface area contributed by atoms with E-state index in [1.165, 1.54) is 6.33 Å². The number of carbonyl (C=O) groups excluding carboxylic acids is 1. The van der Waals surface area contributed by atoms with Crippen molar-refractivity contribution in [3.05, 3.63) is 48.8 Å². The van der Waals surface area contributed by atoms with E-state index in [-0.39, 0.29) is 31.9 Å². The van der Waals surface area contributed by atoms with Gasteiger partial charge in [0.05, 0.1) is 36.3 Å². The summed E-state index contributed by atoms with van der Waals surface area (Å²) in [5.41, 5.74) is 2.11. The Morgan fingerprint density at radius 3 is 2.59 bits per heavy atom. The van der Waals surface area contributed by atoms with Gasteiger partial charge in [0.1, 0.15) is 24.9 Å². The van der Waals surface area contributed by atoms with Crippen molar-refractivity contribution in [2.24, 2.45) is 0 Å². The first-order valence-electron chi connectivity index (χ1n) is 10.5. The highest BCUT2D eigenvalue weighted by Crippen LogP contribution is 2.49. The minimum atomic E-state index is -3.53. The Hall–Kier alpha value is -3.00. The van der Waals surface area contributed by atoms with E-state index in [9.17, 15) is 9.36 Å². The second-order valence-electron chi connectivity index (χ2n) is 7.02. The summed E-state index contributed by atoms with van der Waals surface area (Å²) in [5.74, 6) is 0.721. The van der Waals surface area contributed by atoms with Crippen LogP contribution in [0.15, 0.2) is 48.8 Å². The Bertz CT molecular complexity index is 1150. The zero-order valence-corrected chi connectivity index (χ0v) is 18.9. The number of nitrogens with zero attached hydrogens (tertiary/aromatic N) is 3. The largest absolute Gasteiger partial charge is 0.489 e. The van der Waals surface area contributed by atoms with Crippen LogP contribution in [0.4, 0.5) is 17.2 Å². The molecule has 0 unspecified atom stereocenters. The fraction of sp³-hybridized carbons (Fsp3) is 0.318. The van der Waals surface area contributed by atoms with Crippen molar-refractivity contribution in [2.45, 2.75) is 13.8 Å². The van der Waals surface area contributed by atoms with Crippen molar-refractivity contribution < 1.29 is 23.1 Å². The smallest absolute Gasteiger partial charge is 0.340 e. The molecule has 0 fully saturated rings. The van der Waals surface area contributed by atoms with Crippen LogP contribution in [0, 0.1) is 0 Å². The summed E-state index contributed by atoms with van der Waals surface area (Å²) in [6.07, 6.45) is 1.14. The molecule has 168 valence electrons. The normalized spacial score (nSPS) is 13.5. The van der Waals surface area contributed by atoms with Gasteiger partial charge in [-0.15, -0.1) is 0 Å². The maximum absolute atomic E-state index is 13.1. The fourth-order valence-electron chi connectivity index (χ4n) is 3.61. The number of anilines is 3. The Labute approximate surface area is 186 Å². The Balaban J connectivity index is 1.71. The quantitative estimate of drug-likeness (QED) is 0.499.